The lowest BCUT2D eigenvalue weighted by Crippen LogP contribution is -2.66. The van der Waals surface area contributed by atoms with Crippen LogP contribution in [0.5, 0.6) is 5.75 Å². The molecule has 0 saturated carbocycles. The number of carbonyl (C=O) groups is 5. The molecule has 0 radical (unpaired) electrons. The van der Waals surface area contributed by atoms with E-state index in [1.165, 1.54) is 27.3 Å². The molecular formula is C32H34FN7O6. The third kappa shape index (κ3) is 6.12. The number of hydrogen-bond donors (Lipinski definition) is 5. The summed E-state index contributed by atoms with van der Waals surface area (Å²) in [4.78, 5) is 62.1. The van der Waals surface area contributed by atoms with E-state index in [1.807, 2.05) is 38.1 Å². The number of likely N-dealkylation sites (N-methyl/N-ethyl adjacent to an activating group) is 1. The van der Waals surface area contributed by atoms with Crippen LogP contribution in [0, 0.1) is 19.7 Å². The van der Waals surface area contributed by atoms with Crippen molar-refractivity contribution >= 4 is 35.5 Å². The Balaban J connectivity index is 1.40. The molecule has 13 nitrogen and oxygen atoms in total. The number of ether oxygens (including phenoxy) is 1. The summed E-state index contributed by atoms with van der Waals surface area (Å²) in [5.41, 5.74) is 7.92. The van der Waals surface area contributed by atoms with Crippen LogP contribution >= 0.6 is 0 Å². The molecule has 0 bridgehead atoms. The van der Waals surface area contributed by atoms with Crippen molar-refractivity contribution in [1.29, 1.82) is 0 Å². The topological polar surface area (TPSA) is 161 Å². The molecular weight excluding hydrogens is 597 g/mol. The predicted molar refractivity (Wildman–Crippen MR) is 167 cm³/mol. The number of amides is 7. The first-order chi connectivity index (χ1) is 21.9. The first-order valence-corrected chi connectivity index (χ1v) is 14.4. The van der Waals surface area contributed by atoms with Crippen LogP contribution in [-0.4, -0.2) is 79.5 Å². The smallest absolute Gasteiger partial charge is 0.340 e. The largest absolute Gasteiger partial charge is 0.496 e. The Morgan fingerprint density at radius 1 is 1.00 bits per heavy atom. The van der Waals surface area contributed by atoms with Gasteiger partial charge in [0.05, 0.1) is 7.11 Å². The van der Waals surface area contributed by atoms with E-state index in [0.29, 0.717) is 11.3 Å². The zero-order valence-corrected chi connectivity index (χ0v) is 25.9. The van der Waals surface area contributed by atoms with Crippen molar-refractivity contribution in [3.05, 3.63) is 71.0 Å². The number of methoxy groups -OCH3 is 1. The van der Waals surface area contributed by atoms with Gasteiger partial charge in [-0.2, -0.15) is 0 Å². The Bertz CT molecular complexity index is 1760. The van der Waals surface area contributed by atoms with Crippen LogP contribution in [0.4, 0.5) is 19.7 Å². The fourth-order valence-corrected chi connectivity index (χ4v) is 5.54. The molecule has 14 heteroatoms. The van der Waals surface area contributed by atoms with Gasteiger partial charge in [-0.25, -0.2) is 19.4 Å². The second-order valence-corrected chi connectivity index (χ2v) is 11.0. The highest BCUT2D eigenvalue weighted by atomic mass is 19.1. The SMILES string of the molecule is COc1cc(-c2cccc(-c3cccc(NC(=O)C4NN(C)C(=O)N(C)C4=O)c3C)c2C)cc(F)c1CNC1CNC(=O)NC1=O. The number of urea groups is 2. The number of anilines is 1. The van der Waals surface area contributed by atoms with Crippen molar-refractivity contribution in [2.24, 2.45) is 0 Å². The lowest BCUT2D eigenvalue weighted by molar-refractivity contribution is -0.139. The number of nitrogens with one attached hydrogen (secondary N) is 5. The number of hydrazine groups is 1. The number of carbonyl (C=O) groups excluding carboxylic acids is 5. The molecule has 3 aromatic carbocycles. The molecule has 7 amide bonds. The Morgan fingerprint density at radius 2 is 1.67 bits per heavy atom. The molecule has 0 aromatic heterocycles. The third-order valence-corrected chi connectivity index (χ3v) is 8.18. The molecule has 2 saturated heterocycles. The van der Waals surface area contributed by atoms with E-state index in [-0.39, 0.29) is 24.4 Å². The van der Waals surface area contributed by atoms with Crippen molar-refractivity contribution in [3.8, 4) is 28.0 Å². The Labute approximate surface area is 264 Å². The van der Waals surface area contributed by atoms with Gasteiger partial charge in [-0.05, 0) is 65.4 Å². The highest BCUT2D eigenvalue weighted by molar-refractivity contribution is 6.15. The third-order valence-electron chi connectivity index (χ3n) is 8.18. The number of benzene rings is 3. The van der Waals surface area contributed by atoms with E-state index < -0.39 is 47.7 Å². The highest BCUT2D eigenvalue weighted by Crippen LogP contribution is 2.37. The van der Waals surface area contributed by atoms with Crippen LogP contribution in [0.3, 0.4) is 0 Å². The van der Waals surface area contributed by atoms with Gasteiger partial charge in [0, 0.05) is 38.4 Å². The van der Waals surface area contributed by atoms with Crippen molar-refractivity contribution in [2.45, 2.75) is 32.5 Å². The molecule has 5 N–H and O–H groups in total. The first-order valence-electron chi connectivity index (χ1n) is 14.4. The quantitative estimate of drug-likeness (QED) is 0.237. The van der Waals surface area contributed by atoms with Gasteiger partial charge in [-0.15, -0.1) is 0 Å². The lowest BCUT2D eigenvalue weighted by Gasteiger charge is -2.34. The summed E-state index contributed by atoms with van der Waals surface area (Å²) in [5, 5.41) is 11.6. The second kappa shape index (κ2) is 12.9. The summed E-state index contributed by atoms with van der Waals surface area (Å²) in [6, 6.07) is 11.0. The minimum absolute atomic E-state index is 0.00910. The normalized spacial score (nSPS) is 18.3. The van der Waals surface area contributed by atoms with Gasteiger partial charge in [0.1, 0.15) is 17.6 Å². The van der Waals surface area contributed by atoms with Crippen molar-refractivity contribution in [2.75, 3.05) is 33.1 Å². The summed E-state index contributed by atoms with van der Waals surface area (Å²) in [7, 11) is 4.18. The first kappa shape index (κ1) is 32.1. The van der Waals surface area contributed by atoms with Crippen LogP contribution in [0.2, 0.25) is 0 Å². The van der Waals surface area contributed by atoms with Gasteiger partial charge in [0.2, 0.25) is 5.91 Å². The van der Waals surface area contributed by atoms with E-state index in [1.54, 1.807) is 18.2 Å². The molecule has 0 spiro atoms. The molecule has 240 valence electrons. The van der Waals surface area contributed by atoms with Gasteiger partial charge >= 0.3 is 12.1 Å². The maximum atomic E-state index is 15.6. The molecule has 2 aliphatic rings. The van der Waals surface area contributed by atoms with E-state index in [0.717, 1.165) is 37.7 Å². The average Bonchev–Trinajstić information content (AvgIpc) is 3.02. The zero-order valence-electron chi connectivity index (χ0n) is 25.9. The monoisotopic (exact) mass is 631 g/mol. The van der Waals surface area contributed by atoms with Crippen molar-refractivity contribution < 1.29 is 33.1 Å². The number of halogens is 1. The number of nitrogens with zero attached hydrogens (tertiary/aromatic N) is 2. The summed E-state index contributed by atoms with van der Waals surface area (Å²) < 4.78 is 21.1. The molecule has 5 rings (SSSR count). The highest BCUT2D eigenvalue weighted by Gasteiger charge is 2.39. The molecule has 46 heavy (non-hydrogen) atoms. The minimum atomic E-state index is -1.29. The summed E-state index contributed by atoms with van der Waals surface area (Å²) >= 11 is 0. The average molecular weight is 632 g/mol. The second-order valence-electron chi connectivity index (χ2n) is 11.0. The van der Waals surface area contributed by atoms with Crippen LogP contribution in [-0.2, 0) is 20.9 Å². The van der Waals surface area contributed by atoms with Crippen molar-refractivity contribution in [3.63, 3.8) is 0 Å². The van der Waals surface area contributed by atoms with E-state index in [2.05, 4.69) is 26.7 Å². The zero-order chi connectivity index (χ0) is 33.3. The Kier molecular flexibility index (Phi) is 9.03. The standard InChI is InChI=1S/C32H34FN7O6/c1-16-19(18-12-23(33)22(26(13-18)46-5)14-34-25-15-35-31(44)37-28(25)41)8-6-9-20(16)21-10-7-11-24(17(21)2)36-29(42)27-30(43)39(3)32(45)40(4)38-27/h6-13,25,27,34,38H,14-15H2,1-5H3,(H,36,42)(H2,35,37,41,44). The number of rotatable bonds is 8. The maximum absolute atomic E-state index is 15.6. The van der Waals surface area contributed by atoms with Crippen LogP contribution < -0.4 is 31.4 Å². The van der Waals surface area contributed by atoms with Gasteiger partial charge in [0.25, 0.3) is 11.8 Å². The fraction of sp³-hybridized carbons (Fsp3) is 0.281. The molecule has 2 aliphatic heterocycles. The van der Waals surface area contributed by atoms with E-state index >= 15 is 4.39 Å². The van der Waals surface area contributed by atoms with Crippen LogP contribution in [0.25, 0.3) is 22.3 Å². The molecule has 3 aromatic rings. The number of hydrogen-bond acceptors (Lipinski definition) is 8. The minimum Gasteiger partial charge on any atom is -0.496 e. The van der Waals surface area contributed by atoms with Crippen molar-refractivity contribution in [1.82, 2.24) is 31.3 Å². The van der Waals surface area contributed by atoms with Crippen LogP contribution in [0.1, 0.15) is 16.7 Å². The van der Waals surface area contributed by atoms with Gasteiger partial charge in [0.15, 0.2) is 6.04 Å². The molecule has 2 heterocycles. The Morgan fingerprint density at radius 3 is 2.37 bits per heavy atom. The predicted octanol–water partition coefficient (Wildman–Crippen LogP) is 2.42. The summed E-state index contributed by atoms with van der Waals surface area (Å²) in [5.74, 6) is -2.03. The maximum Gasteiger partial charge on any atom is 0.340 e. The molecule has 0 aliphatic carbocycles. The molecule has 2 fully saturated rings. The lowest BCUT2D eigenvalue weighted by atomic mass is 9.90. The van der Waals surface area contributed by atoms with E-state index in [4.69, 9.17) is 4.74 Å². The number of imide groups is 2. The summed E-state index contributed by atoms with van der Waals surface area (Å²) in [6.45, 7) is 3.83. The fourth-order valence-electron chi connectivity index (χ4n) is 5.54. The summed E-state index contributed by atoms with van der Waals surface area (Å²) in [6.07, 6.45) is 0. The van der Waals surface area contributed by atoms with Gasteiger partial charge in [-0.1, -0.05) is 30.3 Å². The van der Waals surface area contributed by atoms with E-state index in [9.17, 15) is 24.0 Å². The van der Waals surface area contributed by atoms with Gasteiger partial charge in [-0.3, -0.25) is 29.6 Å². The Hall–Kier alpha value is -5.34. The van der Waals surface area contributed by atoms with Gasteiger partial charge < -0.3 is 20.7 Å². The molecule has 2 unspecified atom stereocenters. The molecule has 2 atom stereocenters. The van der Waals surface area contributed by atoms with Crippen LogP contribution in [0.15, 0.2) is 48.5 Å².